The number of Topliss-reactive ketones (excluding diaryl/α,β-unsaturated/α-hetero) is 1. The van der Waals surface area contributed by atoms with Gasteiger partial charge in [0.2, 0.25) is 0 Å². The van der Waals surface area contributed by atoms with E-state index in [0.717, 1.165) is 0 Å². The Morgan fingerprint density at radius 1 is 1.37 bits per heavy atom. The molecule has 4 nitrogen and oxygen atoms in total. The van der Waals surface area contributed by atoms with E-state index in [9.17, 15) is 14.7 Å². The van der Waals surface area contributed by atoms with E-state index >= 15 is 0 Å². The van der Waals surface area contributed by atoms with E-state index in [-0.39, 0.29) is 16.9 Å². The summed E-state index contributed by atoms with van der Waals surface area (Å²) in [6, 6.07) is 8.90. The minimum absolute atomic E-state index is 0.0273. The van der Waals surface area contributed by atoms with Crippen LogP contribution in [0.3, 0.4) is 0 Å². The highest BCUT2D eigenvalue weighted by Gasteiger charge is 2.55. The molecule has 100 valence electrons. The molecular formula is C14H15NO3S. The van der Waals surface area contributed by atoms with Crippen LogP contribution >= 0.6 is 11.8 Å². The van der Waals surface area contributed by atoms with Crippen molar-refractivity contribution >= 4 is 23.5 Å². The van der Waals surface area contributed by atoms with E-state index in [2.05, 4.69) is 5.32 Å². The third-order valence-corrected chi connectivity index (χ3v) is 5.39. The van der Waals surface area contributed by atoms with Gasteiger partial charge in [-0.2, -0.15) is 0 Å². The zero-order valence-corrected chi connectivity index (χ0v) is 11.2. The quantitative estimate of drug-likeness (QED) is 0.846. The zero-order chi connectivity index (χ0) is 13.5. The van der Waals surface area contributed by atoms with Crippen molar-refractivity contribution in [1.82, 2.24) is 5.32 Å². The van der Waals surface area contributed by atoms with Crippen LogP contribution in [0, 0.1) is 0 Å². The predicted molar refractivity (Wildman–Crippen MR) is 73.1 cm³/mol. The standard InChI is InChI=1S/C14H15NO3S/c16-10-6-7-14(8-19-11(10)12(14)17)15-13(18)9-4-2-1-3-5-9/h1-5,10-11,16H,6-8H2,(H,15,18)/t10-,11+,14-/m0/s1. The second-order valence-corrected chi connectivity index (χ2v) is 6.23. The molecule has 3 rings (SSSR count). The van der Waals surface area contributed by atoms with Crippen LogP contribution in [0.15, 0.2) is 30.3 Å². The summed E-state index contributed by atoms with van der Waals surface area (Å²) in [6.45, 7) is 0. The smallest absolute Gasteiger partial charge is 0.252 e. The molecule has 3 atom stereocenters. The average molecular weight is 277 g/mol. The first-order chi connectivity index (χ1) is 9.12. The first kappa shape index (κ1) is 12.7. The summed E-state index contributed by atoms with van der Waals surface area (Å²) in [5.41, 5.74) is -0.217. The van der Waals surface area contributed by atoms with Crippen molar-refractivity contribution in [3.8, 4) is 0 Å². The number of amides is 1. The number of fused-ring (bicyclic) bond motifs is 2. The zero-order valence-electron chi connectivity index (χ0n) is 10.3. The fraction of sp³-hybridized carbons (Fsp3) is 0.429. The molecule has 0 radical (unpaired) electrons. The summed E-state index contributed by atoms with van der Waals surface area (Å²) in [5.74, 6) is 0.318. The Labute approximate surface area is 115 Å². The number of thioether (sulfide) groups is 1. The average Bonchev–Trinajstić information content (AvgIpc) is 2.64. The van der Waals surface area contributed by atoms with Crippen LogP contribution in [0.1, 0.15) is 23.2 Å². The normalized spacial score (nSPS) is 33.2. The molecule has 0 spiro atoms. The van der Waals surface area contributed by atoms with E-state index in [0.29, 0.717) is 24.2 Å². The Kier molecular flexibility index (Phi) is 3.11. The second-order valence-electron chi connectivity index (χ2n) is 5.10. The molecule has 1 aromatic carbocycles. The molecule has 5 heteroatoms. The van der Waals surface area contributed by atoms with Crippen molar-refractivity contribution in [3.63, 3.8) is 0 Å². The number of hydrogen-bond donors (Lipinski definition) is 2. The summed E-state index contributed by atoms with van der Waals surface area (Å²) >= 11 is 1.45. The van der Waals surface area contributed by atoms with Crippen LogP contribution in [-0.2, 0) is 4.79 Å². The Bertz CT molecular complexity index is 519. The third-order valence-electron chi connectivity index (χ3n) is 3.84. The van der Waals surface area contributed by atoms with E-state index < -0.39 is 11.6 Å². The van der Waals surface area contributed by atoms with Gasteiger partial charge >= 0.3 is 0 Å². The van der Waals surface area contributed by atoms with Crippen LogP contribution in [0.5, 0.6) is 0 Å². The van der Waals surface area contributed by atoms with Gasteiger partial charge in [0.1, 0.15) is 5.54 Å². The van der Waals surface area contributed by atoms with Crippen molar-refractivity contribution < 1.29 is 14.7 Å². The van der Waals surface area contributed by atoms with Gasteiger partial charge in [0.25, 0.3) is 5.91 Å². The number of aliphatic hydroxyl groups excluding tert-OH is 1. The number of benzene rings is 1. The fourth-order valence-electron chi connectivity index (χ4n) is 2.72. The molecule has 2 N–H and O–H groups in total. The maximum atomic E-state index is 12.3. The van der Waals surface area contributed by atoms with Gasteiger partial charge in [-0.05, 0) is 25.0 Å². The molecular weight excluding hydrogens is 262 g/mol. The number of rotatable bonds is 2. The fourth-order valence-corrected chi connectivity index (χ4v) is 4.28. The second kappa shape index (κ2) is 4.65. The largest absolute Gasteiger partial charge is 0.392 e. The number of hydrogen-bond acceptors (Lipinski definition) is 4. The minimum atomic E-state index is -0.776. The number of aliphatic hydroxyl groups is 1. The van der Waals surface area contributed by atoms with Gasteiger partial charge in [0.05, 0.1) is 11.4 Å². The summed E-state index contributed by atoms with van der Waals surface area (Å²) in [5, 5.41) is 12.3. The molecule has 1 saturated carbocycles. The van der Waals surface area contributed by atoms with Gasteiger partial charge in [-0.3, -0.25) is 9.59 Å². The molecule has 2 aliphatic rings. The lowest BCUT2D eigenvalue weighted by Crippen LogP contribution is -2.59. The van der Waals surface area contributed by atoms with Crippen molar-refractivity contribution in [2.24, 2.45) is 0 Å². The van der Waals surface area contributed by atoms with Gasteiger partial charge in [0, 0.05) is 11.3 Å². The molecule has 1 saturated heterocycles. The lowest BCUT2D eigenvalue weighted by molar-refractivity contribution is -0.127. The van der Waals surface area contributed by atoms with Gasteiger partial charge < -0.3 is 10.4 Å². The highest BCUT2D eigenvalue weighted by atomic mass is 32.2. The SMILES string of the molecule is O=C(N[C@@]12CC[C@H](O)[C@@H](SC1)C2=O)c1ccccc1. The lowest BCUT2D eigenvalue weighted by atomic mass is 9.80. The Balaban J connectivity index is 1.80. The van der Waals surface area contributed by atoms with E-state index in [1.165, 1.54) is 11.8 Å². The molecule has 19 heavy (non-hydrogen) atoms. The van der Waals surface area contributed by atoms with E-state index in [4.69, 9.17) is 0 Å². The molecule has 2 bridgehead atoms. The first-order valence-electron chi connectivity index (χ1n) is 6.34. The topological polar surface area (TPSA) is 66.4 Å². The summed E-state index contributed by atoms with van der Waals surface area (Å²) in [7, 11) is 0. The minimum Gasteiger partial charge on any atom is -0.392 e. The van der Waals surface area contributed by atoms with Crippen LogP contribution in [0.2, 0.25) is 0 Å². The van der Waals surface area contributed by atoms with Gasteiger partial charge in [0.15, 0.2) is 5.78 Å². The van der Waals surface area contributed by atoms with Crippen molar-refractivity contribution in [3.05, 3.63) is 35.9 Å². The Morgan fingerprint density at radius 2 is 2.11 bits per heavy atom. The summed E-state index contributed by atoms with van der Waals surface area (Å²) in [4.78, 5) is 24.5. The maximum Gasteiger partial charge on any atom is 0.252 e. The molecule has 1 aromatic rings. The summed E-state index contributed by atoms with van der Waals surface area (Å²) in [6.07, 6.45) is 0.523. The van der Waals surface area contributed by atoms with Crippen LogP contribution in [0.25, 0.3) is 0 Å². The number of nitrogens with one attached hydrogen (secondary N) is 1. The van der Waals surface area contributed by atoms with Gasteiger partial charge in [-0.25, -0.2) is 0 Å². The molecule has 0 unspecified atom stereocenters. The lowest BCUT2D eigenvalue weighted by Gasteiger charge is -2.33. The highest BCUT2D eigenvalue weighted by molar-refractivity contribution is 8.01. The van der Waals surface area contributed by atoms with Crippen molar-refractivity contribution in [1.29, 1.82) is 0 Å². The summed E-state index contributed by atoms with van der Waals surface area (Å²) < 4.78 is 0. The first-order valence-corrected chi connectivity index (χ1v) is 7.39. The third kappa shape index (κ3) is 2.07. The molecule has 1 aliphatic heterocycles. The number of ketones is 1. The van der Waals surface area contributed by atoms with Crippen molar-refractivity contribution in [2.75, 3.05) is 5.75 Å². The van der Waals surface area contributed by atoms with Gasteiger partial charge in [-0.1, -0.05) is 18.2 Å². The van der Waals surface area contributed by atoms with Crippen molar-refractivity contribution in [2.45, 2.75) is 29.7 Å². The molecule has 0 aromatic heterocycles. The molecule has 1 aliphatic carbocycles. The molecule has 1 heterocycles. The van der Waals surface area contributed by atoms with E-state index in [1.807, 2.05) is 6.07 Å². The van der Waals surface area contributed by atoms with Crippen LogP contribution in [0.4, 0.5) is 0 Å². The number of carbonyl (C=O) groups is 2. The van der Waals surface area contributed by atoms with Crippen LogP contribution in [-0.4, -0.2) is 39.4 Å². The highest BCUT2D eigenvalue weighted by Crippen LogP contribution is 2.42. The Hall–Kier alpha value is -1.33. The van der Waals surface area contributed by atoms with Gasteiger partial charge in [-0.15, -0.1) is 11.8 Å². The predicted octanol–water partition coefficient (Wildman–Crippen LogP) is 0.994. The van der Waals surface area contributed by atoms with E-state index in [1.54, 1.807) is 24.3 Å². The van der Waals surface area contributed by atoms with Crippen LogP contribution < -0.4 is 5.32 Å². The molecule has 1 amide bonds. The Morgan fingerprint density at radius 3 is 2.84 bits per heavy atom. The molecule has 2 fully saturated rings. The number of carbonyl (C=O) groups excluding carboxylic acids is 2. The monoisotopic (exact) mass is 277 g/mol. The maximum absolute atomic E-state index is 12.3.